The SMILES string of the molecule is O=C(CN1C(=O)S/C(=C\c2cccc(Cl)c2)C1=O)NC1CSCC1O. The minimum absolute atomic E-state index is 0.247. The van der Waals surface area contributed by atoms with Gasteiger partial charge in [-0.05, 0) is 35.5 Å². The molecule has 2 atom stereocenters. The fourth-order valence-electron chi connectivity index (χ4n) is 2.46. The third-order valence-electron chi connectivity index (χ3n) is 3.72. The summed E-state index contributed by atoms with van der Waals surface area (Å²) in [5.41, 5.74) is 0.702. The highest BCUT2D eigenvalue weighted by Crippen LogP contribution is 2.32. The summed E-state index contributed by atoms with van der Waals surface area (Å²) in [6.45, 7) is -0.356. The molecule has 0 saturated carbocycles. The molecule has 2 fully saturated rings. The van der Waals surface area contributed by atoms with Gasteiger partial charge in [-0.1, -0.05) is 23.7 Å². The Hall–Kier alpha value is -1.48. The molecule has 0 aromatic heterocycles. The van der Waals surface area contributed by atoms with E-state index in [0.29, 0.717) is 22.1 Å². The molecule has 2 saturated heterocycles. The van der Waals surface area contributed by atoms with Crippen LogP contribution in [0.3, 0.4) is 0 Å². The Labute approximate surface area is 158 Å². The second kappa shape index (κ2) is 7.82. The van der Waals surface area contributed by atoms with E-state index in [4.69, 9.17) is 11.6 Å². The lowest BCUT2D eigenvalue weighted by Crippen LogP contribution is -2.47. The molecule has 2 aliphatic heterocycles. The Kier molecular flexibility index (Phi) is 5.73. The van der Waals surface area contributed by atoms with Gasteiger partial charge in [0.05, 0.1) is 17.1 Å². The summed E-state index contributed by atoms with van der Waals surface area (Å²) < 4.78 is 0. The van der Waals surface area contributed by atoms with Crippen molar-refractivity contribution >= 4 is 58.3 Å². The van der Waals surface area contributed by atoms with Crippen molar-refractivity contribution < 1.29 is 19.5 Å². The van der Waals surface area contributed by atoms with Gasteiger partial charge in [0, 0.05) is 16.5 Å². The number of hydrogen-bond acceptors (Lipinski definition) is 6. The Balaban J connectivity index is 1.66. The van der Waals surface area contributed by atoms with Gasteiger partial charge in [-0.2, -0.15) is 11.8 Å². The zero-order valence-corrected chi connectivity index (χ0v) is 15.4. The smallest absolute Gasteiger partial charge is 0.294 e. The predicted octanol–water partition coefficient (Wildman–Crippen LogP) is 1.97. The van der Waals surface area contributed by atoms with Crippen molar-refractivity contribution in [3.63, 3.8) is 0 Å². The second-order valence-corrected chi connectivity index (χ2v) is 8.11. The monoisotopic (exact) mass is 398 g/mol. The van der Waals surface area contributed by atoms with E-state index in [1.807, 2.05) is 0 Å². The Morgan fingerprint density at radius 3 is 2.88 bits per heavy atom. The number of aliphatic hydroxyl groups excluding tert-OH is 1. The molecule has 6 nitrogen and oxygen atoms in total. The van der Waals surface area contributed by atoms with Crippen molar-refractivity contribution in [2.75, 3.05) is 18.1 Å². The van der Waals surface area contributed by atoms with Gasteiger partial charge in [0.15, 0.2) is 0 Å². The number of imide groups is 1. The molecule has 0 spiro atoms. The number of hydrogen-bond donors (Lipinski definition) is 2. The molecule has 2 heterocycles. The van der Waals surface area contributed by atoms with E-state index in [1.54, 1.807) is 42.1 Å². The number of aliphatic hydroxyl groups is 1. The number of halogens is 1. The van der Waals surface area contributed by atoms with Crippen molar-refractivity contribution in [3.8, 4) is 0 Å². The number of nitrogens with one attached hydrogen (secondary N) is 1. The number of thioether (sulfide) groups is 2. The average molecular weight is 399 g/mol. The second-order valence-electron chi connectivity index (χ2n) is 5.60. The van der Waals surface area contributed by atoms with Gasteiger partial charge in [-0.25, -0.2) is 0 Å². The molecule has 0 radical (unpaired) electrons. The first-order chi connectivity index (χ1) is 11.9. The van der Waals surface area contributed by atoms with Crippen LogP contribution in [0, 0.1) is 0 Å². The van der Waals surface area contributed by atoms with Crippen molar-refractivity contribution in [2.24, 2.45) is 0 Å². The van der Waals surface area contributed by atoms with Gasteiger partial charge in [0.2, 0.25) is 5.91 Å². The lowest BCUT2D eigenvalue weighted by Gasteiger charge is -2.18. The van der Waals surface area contributed by atoms with Crippen LogP contribution in [-0.4, -0.2) is 57.3 Å². The first-order valence-corrected chi connectivity index (χ1v) is 9.85. The molecule has 132 valence electrons. The quantitative estimate of drug-likeness (QED) is 0.754. The highest BCUT2D eigenvalue weighted by molar-refractivity contribution is 8.18. The number of rotatable bonds is 4. The molecule has 1 aromatic rings. The highest BCUT2D eigenvalue weighted by Gasteiger charge is 2.37. The summed E-state index contributed by atoms with van der Waals surface area (Å²) in [4.78, 5) is 37.7. The average Bonchev–Trinajstić information content (AvgIpc) is 3.06. The van der Waals surface area contributed by atoms with Crippen LogP contribution in [-0.2, 0) is 9.59 Å². The summed E-state index contributed by atoms with van der Waals surface area (Å²) in [6, 6.07) is 6.56. The maximum Gasteiger partial charge on any atom is 0.294 e. The molecule has 2 N–H and O–H groups in total. The van der Waals surface area contributed by atoms with Gasteiger partial charge in [0.1, 0.15) is 6.54 Å². The standard InChI is InChI=1S/C16H15ClN2O4S2/c17-10-3-1-2-9(4-10)5-13-15(22)19(16(23)25-13)6-14(21)18-11-7-24-8-12(11)20/h1-5,11-12,20H,6-8H2,(H,18,21)/b13-5-. The fourth-order valence-corrected chi connectivity index (χ4v) is 4.67. The molecular weight excluding hydrogens is 384 g/mol. The molecule has 25 heavy (non-hydrogen) atoms. The minimum atomic E-state index is -0.605. The van der Waals surface area contributed by atoms with Gasteiger partial charge < -0.3 is 10.4 Å². The van der Waals surface area contributed by atoms with E-state index >= 15 is 0 Å². The Morgan fingerprint density at radius 2 is 2.20 bits per heavy atom. The summed E-state index contributed by atoms with van der Waals surface area (Å²) in [5.74, 6) is 0.211. The number of carbonyl (C=O) groups is 3. The maximum atomic E-state index is 12.4. The van der Waals surface area contributed by atoms with Crippen LogP contribution in [0.4, 0.5) is 4.79 Å². The molecule has 9 heteroatoms. The molecule has 0 aliphatic carbocycles. The van der Waals surface area contributed by atoms with Crippen molar-refractivity contribution in [2.45, 2.75) is 12.1 Å². The Bertz CT molecular complexity index is 755. The van der Waals surface area contributed by atoms with Crippen LogP contribution in [0.2, 0.25) is 5.02 Å². The van der Waals surface area contributed by atoms with E-state index < -0.39 is 23.2 Å². The van der Waals surface area contributed by atoms with E-state index in [9.17, 15) is 19.5 Å². The molecule has 2 unspecified atom stereocenters. The zero-order chi connectivity index (χ0) is 18.0. The highest BCUT2D eigenvalue weighted by atomic mass is 35.5. The van der Waals surface area contributed by atoms with Crippen LogP contribution in [0.15, 0.2) is 29.2 Å². The molecular formula is C16H15ClN2O4S2. The van der Waals surface area contributed by atoms with Crippen LogP contribution in [0.5, 0.6) is 0 Å². The van der Waals surface area contributed by atoms with E-state index in [1.165, 1.54) is 0 Å². The lowest BCUT2D eigenvalue weighted by molar-refractivity contribution is -0.129. The Morgan fingerprint density at radius 1 is 1.40 bits per heavy atom. The number of benzene rings is 1. The minimum Gasteiger partial charge on any atom is -0.390 e. The summed E-state index contributed by atoms with van der Waals surface area (Å²) in [6.07, 6.45) is 0.970. The fraction of sp³-hybridized carbons (Fsp3) is 0.312. The third kappa shape index (κ3) is 4.38. The number of nitrogens with zero attached hydrogens (tertiary/aromatic N) is 1. The van der Waals surface area contributed by atoms with E-state index in [-0.39, 0.29) is 17.5 Å². The number of amides is 3. The first-order valence-electron chi connectivity index (χ1n) is 7.50. The summed E-state index contributed by atoms with van der Waals surface area (Å²) in [5, 5.41) is 12.4. The normalized spacial score (nSPS) is 25.0. The lowest BCUT2D eigenvalue weighted by atomic mass is 10.2. The topological polar surface area (TPSA) is 86.7 Å². The van der Waals surface area contributed by atoms with E-state index in [0.717, 1.165) is 16.7 Å². The van der Waals surface area contributed by atoms with Crippen LogP contribution < -0.4 is 5.32 Å². The van der Waals surface area contributed by atoms with E-state index in [2.05, 4.69) is 5.32 Å². The third-order valence-corrected chi connectivity index (χ3v) is 6.03. The van der Waals surface area contributed by atoms with Gasteiger partial charge in [-0.3, -0.25) is 19.3 Å². The van der Waals surface area contributed by atoms with Crippen molar-refractivity contribution in [1.82, 2.24) is 10.2 Å². The molecule has 0 bridgehead atoms. The predicted molar refractivity (Wildman–Crippen MR) is 99.4 cm³/mol. The van der Waals surface area contributed by atoms with Gasteiger partial charge >= 0.3 is 0 Å². The van der Waals surface area contributed by atoms with Crippen molar-refractivity contribution in [1.29, 1.82) is 0 Å². The summed E-state index contributed by atoms with van der Waals surface area (Å²) >= 11 is 8.24. The number of carbonyl (C=O) groups excluding carboxylic acids is 3. The molecule has 1 aromatic carbocycles. The van der Waals surface area contributed by atoms with Crippen LogP contribution >= 0.6 is 35.1 Å². The maximum absolute atomic E-state index is 12.4. The molecule has 3 rings (SSSR count). The van der Waals surface area contributed by atoms with Gasteiger partial charge in [0.25, 0.3) is 11.1 Å². The zero-order valence-electron chi connectivity index (χ0n) is 13.0. The van der Waals surface area contributed by atoms with Crippen molar-refractivity contribution in [3.05, 3.63) is 39.8 Å². The van der Waals surface area contributed by atoms with Crippen LogP contribution in [0.1, 0.15) is 5.56 Å². The molecule has 2 aliphatic rings. The largest absolute Gasteiger partial charge is 0.390 e. The summed E-state index contributed by atoms with van der Waals surface area (Å²) in [7, 11) is 0. The van der Waals surface area contributed by atoms with Crippen LogP contribution in [0.25, 0.3) is 6.08 Å². The first kappa shape index (κ1) is 18.3. The molecule has 3 amide bonds. The van der Waals surface area contributed by atoms with Gasteiger partial charge in [-0.15, -0.1) is 0 Å².